The molecule has 0 aromatic carbocycles. The Labute approximate surface area is 105 Å². The minimum Gasteiger partial charge on any atom is -0.356 e. The van der Waals surface area contributed by atoms with Crippen molar-refractivity contribution in [1.29, 1.82) is 0 Å². The zero-order valence-corrected chi connectivity index (χ0v) is 9.97. The average Bonchev–Trinajstić information content (AvgIpc) is 2.91. The molecule has 2 N–H and O–H groups in total. The van der Waals surface area contributed by atoms with Crippen LogP contribution in [-0.4, -0.2) is 32.6 Å². The molecule has 0 saturated carbocycles. The minimum absolute atomic E-state index is 0.0475. The largest absolute Gasteiger partial charge is 0.356 e. The SMILES string of the molecule is O=C(CCc1ccncc1)NCCc1ncn[nH]1. The van der Waals surface area contributed by atoms with Crippen LogP contribution in [0, 0.1) is 0 Å². The fraction of sp³-hybridized carbons (Fsp3) is 0.333. The van der Waals surface area contributed by atoms with Gasteiger partial charge >= 0.3 is 0 Å². The summed E-state index contributed by atoms with van der Waals surface area (Å²) in [7, 11) is 0. The molecule has 0 aliphatic heterocycles. The quantitative estimate of drug-likeness (QED) is 0.776. The van der Waals surface area contributed by atoms with E-state index >= 15 is 0 Å². The monoisotopic (exact) mass is 245 g/mol. The van der Waals surface area contributed by atoms with Crippen LogP contribution in [0.1, 0.15) is 17.8 Å². The molecule has 0 fully saturated rings. The van der Waals surface area contributed by atoms with Gasteiger partial charge in [0.1, 0.15) is 12.2 Å². The lowest BCUT2D eigenvalue weighted by atomic mass is 10.1. The topological polar surface area (TPSA) is 83.6 Å². The molecule has 1 amide bonds. The van der Waals surface area contributed by atoms with Crippen molar-refractivity contribution < 1.29 is 4.79 Å². The average molecular weight is 245 g/mol. The Kier molecular flexibility index (Phi) is 4.40. The highest BCUT2D eigenvalue weighted by Crippen LogP contribution is 2.00. The van der Waals surface area contributed by atoms with E-state index in [1.54, 1.807) is 12.4 Å². The van der Waals surface area contributed by atoms with E-state index in [9.17, 15) is 4.79 Å². The smallest absolute Gasteiger partial charge is 0.220 e. The van der Waals surface area contributed by atoms with E-state index in [0.717, 1.165) is 17.8 Å². The third kappa shape index (κ3) is 3.97. The summed E-state index contributed by atoms with van der Waals surface area (Å²) >= 11 is 0. The van der Waals surface area contributed by atoms with Crippen LogP contribution in [-0.2, 0) is 17.6 Å². The third-order valence-corrected chi connectivity index (χ3v) is 2.54. The molecular weight excluding hydrogens is 230 g/mol. The number of nitrogens with zero attached hydrogens (tertiary/aromatic N) is 3. The molecule has 6 heteroatoms. The number of hydrogen-bond donors (Lipinski definition) is 2. The lowest BCUT2D eigenvalue weighted by Gasteiger charge is -2.03. The van der Waals surface area contributed by atoms with Gasteiger partial charge in [-0.15, -0.1) is 0 Å². The molecule has 2 heterocycles. The maximum Gasteiger partial charge on any atom is 0.220 e. The number of hydrogen-bond acceptors (Lipinski definition) is 4. The highest BCUT2D eigenvalue weighted by molar-refractivity contribution is 5.76. The van der Waals surface area contributed by atoms with Gasteiger partial charge in [-0.25, -0.2) is 4.98 Å². The molecule has 0 unspecified atom stereocenters. The number of aromatic nitrogens is 4. The Morgan fingerprint density at radius 3 is 2.83 bits per heavy atom. The van der Waals surface area contributed by atoms with Crippen molar-refractivity contribution in [3.05, 3.63) is 42.2 Å². The van der Waals surface area contributed by atoms with Gasteiger partial charge in [-0.1, -0.05) is 0 Å². The van der Waals surface area contributed by atoms with Gasteiger partial charge in [0.05, 0.1) is 0 Å². The zero-order valence-electron chi connectivity index (χ0n) is 9.97. The molecule has 2 rings (SSSR count). The van der Waals surface area contributed by atoms with Gasteiger partial charge in [0.15, 0.2) is 0 Å². The molecule has 0 aliphatic rings. The molecule has 18 heavy (non-hydrogen) atoms. The second kappa shape index (κ2) is 6.48. The summed E-state index contributed by atoms with van der Waals surface area (Å²) in [6.07, 6.45) is 6.81. The normalized spacial score (nSPS) is 10.2. The van der Waals surface area contributed by atoms with Crippen molar-refractivity contribution in [3.8, 4) is 0 Å². The highest BCUT2D eigenvalue weighted by atomic mass is 16.1. The van der Waals surface area contributed by atoms with E-state index in [1.165, 1.54) is 6.33 Å². The Balaban J connectivity index is 1.63. The Bertz CT molecular complexity index is 468. The first-order valence-corrected chi connectivity index (χ1v) is 5.84. The Morgan fingerprint density at radius 2 is 2.11 bits per heavy atom. The van der Waals surface area contributed by atoms with Crippen molar-refractivity contribution in [2.24, 2.45) is 0 Å². The van der Waals surface area contributed by atoms with Gasteiger partial charge in [0.2, 0.25) is 5.91 Å². The van der Waals surface area contributed by atoms with Gasteiger partial charge in [-0.2, -0.15) is 5.10 Å². The van der Waals surface area contributed by atoms with Crippen molar-refractivity contribution in [2.45, 2.75) is 19.3 Å². The number of aromatic amines is 1. The van der Waals surface area contributed by atoms with Crippen molar-refractivity contribution in [3.63, 3.8) is 0 Å². The standard InChI is InChI=1S/C12H15N5O/c18-12(2-1-10-3-6-13-7-4-10)14-8-5-11-15-9-16-17-11/h3-4,6-7,9H,1-2,5,8H2,(H,14,18)(H,15,16,17). The summed E-state index contributed by atoms with van der Waals surface area (Å²) in [5.74, 6) is 0.829. The van der Waals surface area contributed by atoms with Crippen molar-refractivity contribution >= 4 is 5.91 Å². The maximum atomic E-state index is 11.6. The van der Waals surface area contributed by atoms with E-state index in [1.807, 2.05) is 12.1 Å². The van der Waals surface area contributed by atoms with Crippen LogP contribution in [0.3, 0.4) is 0 Å². The predicted octanol–water partition coefficient (Wildman–Crippen LogP) is 0.491. The van der Waals surface area contributed by atoms with Gasteiger partial charge in [-0.05, 0) is 24.1 Å². The summed E-state index contributed by atoms with van der Waals surface area (Å²) in [5.41, 5.74) is 1.12. The lowest BCUT2D eigenvalue weighted by molar-refractivity contribution is -0.121. The number of pyridine rings is 1. The summed E-state index contributed by atoms with van der Waals surface area (Å²) < 4.78 is 0. The fourth-order valence-electron chi connectivity index (χ4n) is 1.57. The van der Waals surface area contributed by atoms with E-state index in [0.29, 0.717) is 19.4 Å². The molecule has 0 aliphatic carbocycles. The highest BCUT2D eigenvalue weighted by Gasteiger charge is 2.02. The molecule has 0 spiro atoms. The molecule has 0 bridgehead atoms. The molecule has 0 atom stereocenters. The second-order valence-electron chi connectivity index (χ2n) is 3.89. The van der Waals surface area contributed by atoms with Gasteiger partial charge in [-0.3, -0.25) is 14.9 Å². The molecule has 0 radical (unpaired) electrons. The third-order valence-electron chi connectivity index (χ3n) is 2.54. The van der Waals surface area contributed by atoms with Gasteiger partial charge in [0.25, 0.3) is 0 Å². The number of amides is 1. The maximum absolute atomic E-state index is 11.6. The molecule has 94 valence electrons. The van der Waals surface area contributed by atoms with E-state index < -0.39 is 0 Å². The summed E-state index contributed by atoms with van der Waals surface area (Å²) in [6, 6.07) is 3.84. The van der Waals surface area contributed by atoms with Crippen LogP contribution in [0.15, 0.2) is 30.9 Å². The van der Waals surface area contributed by atoms with E-state index in [4.69, 9.17) is 0 Å². The molecule has 0 saturated heterocycles. The van der Waals surface area contributed by atoms with Crippen LogP contribution >= 0.6 is 0 Å². The zero-order chi connectivity index (χ0) is 12.6. The van der Waals surface area contributed by atoms with Crippen LogP contribution in [0.5, 0.6) is 0 Å². The number of H-pyrrole nitrogens is 1. The van der Waals surface area contributed by atoms with Crippen LogP contribution in [0.25, 0.3) is 0 Å². The van der Waals surface area contributed by atoms with Gasteiger partial charge in [0, 0.05) is 31.8 Å². The van der Waals surface area contributed by atoms with E-state index in [2.05, 4.69) is 25.5 Å². The van der Waals surface area contributed by atoms with Crippen molar-refractivity contribution in [2.75, 3.05) is 6.54 Å². The Morgan fingerprint density at radius 1 is 1.28 bits per heavy atom. The number of carbonyl (C=O) groups excluding carboxylic acids is 1. The molecule has 2 aromatic rings. The molecule has 6 nitrogen and oxygen atoms in total. The number of rotatable bonds is 6. The van der Waals surface area contributed by atoms with E-state index in [-0.39, 0.29) is 5.91 Å². The number of nitrogens with one attached hydrogen (secondary N) is 2. The molecular formula is C12H15N5O. The predicted molar refractivity (Wildman–Crippen MR) is 65.7 cm³/mol. The number of carbonyl (C=O) groups is 1. The first-order chi connectivity index (χ1) is 8.84. The van der Waals surface area contributed by atoms with Crippen LogP contribution in [0.4, 0.5) is 0 Å². The molecule has 2 aromatic heterocycles. The minimum atomic E-state index is 0.0475. The van der Waals surface area contributed by atoms with Gasteiger partial charge < -0.3 is 5.32 Å². The lowest BCUT2D eigenvalue weighted by Crippen LogP contribution is -2.26. The van der Waals surface area contributed by atoms with Crippen LogP contribution < -0.4 is 5.32 Å². The summed E-state index contributed by atoms with van der Waals surface area (Å²) in [6.45, 7) is 0.574. The second-order valence-corrected chi connectivity index (χ2v) is 3.89. The summed E-state index contributed by atoms with van der Waals surface area (Å²) in [4.78, 5) is 19.5. The van der Waals surface area contributed by atoms with Crippen LogP contribution in [0.2, 0.25) is 0 Å². The summed E-state index contributed by atoms with van der Waals surface area (Å²) in [5, 5.41) is 9.34. The first-order valence-electron chi connectivity index (χ1n) is 5.84. The fourth-order valence-corrected chi connectivity index (χ4v) is 1.57. The number of aryl methyl sites for hydroxylation is 1. The first kappa shape index (κ1) is 12.2. The van der Waals surface area contributed by atoms with Crippen molar-refractivity contribution in [1.82, 2.24) is 25.5 Å². The Hall–Kier alpha value is -2.24.